The molecule has 7 nitrogen and oxygen atoms in total. The van der Waals surface area contributed by atoms with Crippen LogP contribution in [0.3, 0.4) is 0 Å². The molecule has 1 aromatic heterocycles. The number of nitrogens with one attached hydrogen (secondary N) is 2. The van der Waals surface area contributed by atoms with Gasteiger partial charge in [0.1, 0.15) is 11.9 Å². The predicted molar refractivity (Wildman–Crippen MR) is 122 cm³/mol. The van der Waals surface area contributed by atoms with E-state index >= 15 is 0 Å². The Hall–Kier alpha value is -2.61. The van der Waals surface area contributed by atoms with Crippen LogP contribution in [-0.2, 0) is 4.79 Å². The first-order chi connectivity index (χ1) is 14.8. The highest BCUT2D eigenvalue weighted by Gasteiger charge is 2.51. The maximum absolute atomic E-state index is 13.5. The number of amides is 2. The molecular formula is C23H25BrN4O3. The third-order valence-electron chi connectivity index (χ3n) is 6.79. The standard InChI is InChI=1S/C23H25BrN4O3/c1-11(2)18(27-23(30)31)22(29)28-15-6-3-13(10-15)20(28)21-25-17-8-4-12-9-14(24)5-7-16(12)19(17)26-21/h4-5,7-9,11,13,15,18,20,27H,3,6,10H2,1-2H3,(H,25,26)(H,30,31)/t13-,15+,18+,20+/m1/s1. The number of H-pyrrole nitrogens is 1. The Bertz CT molecular complexity index is 1190. The summed E-state index contributed by atoms with van der Waals surface area (Å²) in [7, 11) is 0. The quantitative estimate of drug-likeness (QED) is 0.494. The van der Waals surface area contributed by atoms with Gasteiger partial charge in [0.15, 0.2) is 0 Å². The van der Waals surface area contributed by atoms with Gasteiger partial charge in [0, 0.05) is 15.9 Å². The van der Waals surface area contributed by atoms with E-state index in [0.29, 0.717) is 5.92 Å². The molecule has 1 aliphatic heterocycles. The normalized spacial score (nSPS) is 23.7. The number of likely N-dealkylation sites (tertiary alicyclic amines) is 1. The molecule has 4 atom stereocenters. The molecule has 2 fully saturated rings. The lowest BCUT2D eigenvalue weighted by Crippen LogP contribution is -2.53. The summed E-state index contributed by atoms with van der Waals surface area (Å²) in [5.74, 6) is 0.849. The van der Waals surface area contributed by atoms with E-state index in [2.05, 4.69) is 44.4 Å². The number of carbonyl (C=O) groups is 2. The summed E-state index contributed by atoms with van der Waals surface area (Å²) in [4.78, 5) is 35.1. The molecule has 3 aromatic rings. The monoisotopic (exact) mass is 484 g/mol. The van der Waals surface area contributed by atoms with E-state index in [0.717, 1.165) is 51.4 Å². The highest BCUT2D eigenvalue weighted by atomic mass is 79.9. The van der Waals surface area contributed by atoms with Crippen LogP contribution in [0.25, 0.3) is 21.8 Å². The third-order valence-corrected chi connectivity index (χ3v) is 7.28. The Labute approximate surface area is 188 Å². The van der Waals surface area contributed by atoms with Gasteiger partial charge in [-0.05, 0) is 54.7 Å². The average Bonchev–Trinajstić information content (AvgIpc) is 3.44. The van der Waals surface area contributed by atoms with E-state index in [4.69, 9.17) is 4.98 Å². The summed E-state index contributed by atoms with van der Waals surface area (Å²) >= 11 is 3.53. The number of hydrogen-bond donors (Lipinski definition) is 3. The zero-order chi connectivity index (χ0) is 21.9. The van der Waals surface area contributed by atoms with Crippen molar-refractivity contribution in [3.63, 3.8) is 0 Å². The van der Waals surface area contributed by atoms with Gasteiger partial charge >= 0.3 is 6.09 Å². The maximum atomic E-state index is 13.5. The van der Waals surface area contributed by atoms with Crippen molar-refractivity contribution in [2.45, 2.75) is 51.2 Å². The number of hydrogen-bond acceptors (Lipinski definition) is 3. The number of rotatable bonds is 4. The molecular weight excluding hydrogens is 460 g/mol. The van der Waals surface area contributed by atoms with E-state index < -0.39 is 12.1 Å². The van der Waals surface area contributed by atoms with Crippen LogP contribution in [0.2, 0.25) is 0 Å². The summed E-state index contributed by atoms with van der Waals surface area (Å²) in [5.41, 5.74) is 1.85. The number of benzene rings is 2. The molecule has 2 aromatic carbocycles. The lowest BCUT2D eigenvalue weighted by molar-refractivity contribution is -0.139. The fraction of sp³-hybridized carbons (Fsp3) is 0.435. The van der Waals surface area contributed by atoms with E-state index in [1.165, 1.54) is 0 Å². The lowest BCUT2D eigenvalue weighted by atomic mass is 9.95. The lowest BCUT2D eigenvalue weighted by Gasteiger charge is -2.37. The Kier molecular flexibility index (Phi) is 4.92. The molecule has 1 saturated heterocycles. The van der Waals surface area contributed by atoms with Crippen molar-refractivity contribution in [1.82, 2.24) is 20.2 Å². The van der Waals surface area contributed by atoms with E-state index in [1.54, 1.807) is 0 Å². The molecule has 2 aliphatic rings. The molecule has 3 N–H and O–H groups in total. The van der Waals surface area contributed by atoms with Crippen LogP contribution < -0.4 is 5.32 Å². The number of halogens is 1. The van der Waals surface area contributed by atoms with Crippen molar-refractivity contribution in [3.8, 4) is 0 Å². The summed E-state index contributed by atoms with van der Waals surface area (Å²) in [5, 5.41) is 13.9. The summed E-state index contributed by atoms with van der Waals surface area (Å²) in [6.07, 6.45) is 1.79. The van der Waals surface area contributed by atoms with Crippen LogP contribution in [-0.4, -0.2) is 44.1 Å². The predicted octanol–water partition coefficient (Wildman–Crippen LogP) is 4.82. The molecule has 0 unspecified atom stereocenters. The molecule has 162 valence electrons. The topological polar surface area (TPSA) is 98.3 Å². The fourth-order valence-electron chi connectivity index (χ4n) is 5.40. The molecule has 0 spiro atoms. The number of piperidine rings is 1. The minimum absolute atomic E-state index is 0.138. The zero-order valence-corrected chi connectivity index (χ0v) is 19.0. The first-order valence-electron chi connectivity index (χ1n) is 10.7. The number of nitrogens with zero attached hydrogens (tertiary/aromatic N) is 2. The van der Waals surface area contributed by atoms with Crippen LogP contribution in [0, 0.1) is 11.8 Å². The Morgan fingerprint density at radius 3 is 2.81 bits per heavy atom. The van der Waals surface area contributed by atoms with Crippen molar-refractivity contribution in [2.75, 3.05) is 0 Å². The fourth-order valence-corrected chi connectivity index (χ4v) is 5.78. The van der Waals surface area contributed by atoms with Crippen LogP contribution in [0.15, 0.2) is 34.8 Å². The van der Waals surface area contributed by atoms with Gasteiger partial charge in [0.25, 0.3) is 0 Å². The highest BCUT2D eigenvalue weighted by molar-refractivity contribution is 9.10. The van der Waals surface area contributed by atoms with Crippen molar-refractivity contribution in [1.29, 1.82) is 0 Å². The van der Waals surface area contributed by atoms with E-state index in [1.807, 2.05) is 30.9 Å². The van der Waals surface area contributed by atoms with E-state index in [-0.39, 0.29) is 23.9 Å². The van der Waals surface area contributed by atoms with Gasteiger partial charge in [0.2, 0.25) is 5.91 Å². The second-order valence-corrected chi connectivity index (χ2v) is 9.95. The largest absolute Gasteiger partial charge is 0.465 e. The zero-order valence-electron chi connectivity index (χ0n) is 17.4. The van der Waals surface area contributed by atoms with Crippen molar-refractivity contribution < 1.29 is 14.7 Å². The molecule has 5 rings (SSSR count). The molecule has 1 aliphatic carbocycles. The minimum atomic E-state index is -1.17. The number of carbonyl (C=O) groups excluding carboxylic acids is 1. The molecule has 0 radical (unpaired) electrons. The first kappa shape index (κ1) is 20.3. The van der Waals surface area contributed by atoms with Crippen molar-refractivity contribution >= 4 is 49.7 Å². The van der Waals surface area contributed by atoms with Gasteiger partial charge in [-0.25, -0.2) is 9.78 Å². The smallest absolute Gasteiger partial charge is 0.405 e. The van der Waals surface area contributed by atoms with Crippen molar-refractivity contribution in [2.24, 2.45) is 11.8 Å². The van der Waals surface area contributed by atoms with Crippen LogP contribution >= 0.6 is 15.9 Å². The maximum Gasteiger partial charge on any atom is 0.405 e. The molecule has 2 amide bonds. The van der Waals surface area contributed by atoms with Gasteiger partial charge in [-0.15, -0.1) is 0 Å². The third kappa shape index (κ3) is 3.37. The average molecular weight is 485 g/mol. The van der Waals surface area contributed by atoms with Crippen LogP contribution in [0.1, 0.15) is 45.0 Å². The van der Waals surface area contributed by atoms with Gasteiger partial charge in [-0.3, -0.25) is 4.79 Å². The Morgan fingerprint density at radius 1 is 1.26 bits per heavy atom. The number of carboxylic acid groups (broad SMARTS) is 1. The SMILES string of the molecule is CC(C)[C@H](NC(=O)O)C(=O)N1[C@H]2CC[C@H](C2)[C@H]1c1nc2ccc3cc(Br)ccc3c2[nH]1. The number of aromatic amines is 1. The summed E-state index contributed by atoms with van der Waals surface area (Å²) in [6.45, 7) is 3.74. The molecule has 2 bridgehead atoms. The molecule has 2 heterocycles. The number of aromatic nitrogens is 2. The van der Waals surface area contributed by atoms with Crippen LogP contribution in [0.5, 0.6) is 0 Å². The Morgan fingerprint density at radius 2 is 2.06 bits per heavy atom. The van der Waals surface area contributed by atoms with Crippen LogP contribution in [0.4, 0.5) is 4.79 Å². The minimum Gasteiger partial charge on any atom is -0.465 e. The number of imidazole rings is 1. The summed E-state index contributed by atoms with van der Waals surface area (Å²) < 4.78 is 1.02. The number of fused-ring (bicyclic) bond motifs is 5. The van der Waals surface area contributed by atoms with Crippen molar-refractivity contribution in [3.05, 3.63) is 40.6 Å². The highest BCUT2D eigenvalue weighted by Crippen LogP contribution is 2.50. The molecule has 1 saturated carbocycles. The van der Waals surface area contributed by atoms with E-state index in [9.17, 15) is 14.7 Å². The first-order valence-corrected chi connectivity index (χ1v) is 11.5. The van der Waals surface area contributed by atoms with Gasteiger partial charge in [-0.2, -0.15) is 0 Å². The Balaban J connectivity index is 1.56. The van der Waals surface area contributed by atoms with Gasteiger partial charge < -0.3 is 20.3 Å². The molecule has 8 heteroatoms. The van der Waals surface area contributed by atoms with Gasteiger partial charge in [-0.1, -0.05) is 41.9 Å². The second kappa shape index (κ2) is 7.51. The summed E-state index contributed by atoms with van der Waals surface area (Å²) in [6, 6.07) is 9.45. The molecule has 31 heavy (non-hydrogen) atoms. The van der Waals surface area contributed by atoms with Gasteiger partial charge in [0.05, 0.1) is 17.1 Å². The second-order valence-electron chi connectivity index (χ2n) is 9.04.